The molecule has 2 heterocycles. The Balaban J connectivity index is 1.51. The standard InChI is InChI=1S/C20H19N5O2/c1-3-13-4-6-14(7-5-13)19-22-24-25(23-19)11-18(26)15-8-9-17-16(10-15)12(2)20(27)21-17/h4-10,12H,3,11H2,1-2H3,(H,21,27)/t12-/m0/s1. The van der Waals surface area contributed by atoms with E-state index in [1.807, 2.05) is 31.2 Å². The minimum Gasteiger partial charge on any atom is -0.325 e. The molecule has 1 aliphatic heterocycles. The molecule has 2 aromatic carbocycles. The summed E-state index contributed by atoms with van der Waals surface area (Å²) < 4.78 is 0. The Labute approximate surface area is 156 Å². The number of ketones is 1. The number of Topliss-reactive ketones (excluding diaryl/α,β-unsaturated/α-hetero) is 1. The first-order valence-corrected chi connectivity index (χ1v) is 8.90. The van der Waals surface area contributed by atoms with Crippen LogP contribution in [0.2, 0.25) is 0 Å². The van der Waals surface area contributed by atoms with Gasteiger partial charge in [0.15, 0.2) is 5.78 Å². The van der Waals surface area contributed by atoms with Gasteiger partial charge in [0.05, 0.1) is 5.92 Å². The van der Waals surface area contributed by atoms with Gasteiger partial charge in [-0.25, -0.2) is 0 Å². The van der Waals surface area contributed by atoms with Crippen LogP contribution >= 0.6 is 0 Å². The van der Waals surface area contributed by atoms with Crippen LogP contribution in [0.5, 0.6) is 0 Å². The molecule has 7 nitrogen and oxygen atoms in total. The fraction of sp³-hybridized carbons (Fsp3) is 0.250. The average molecular weight is 361 g/mol. The van der Waals surface area contributed by atoms with Crippen molar-refractivity contribution in [3.8, 4) is 11.4 Å². The number of carbonyl (C=O) groups excluding carboxylic acids is 2. The Hall–Kier alpha value is -3.35. The molecule has 1 N–H and O–H groups in total. The molecular weight excluding hydrogens is 342 g/mol. The maximum Gasteiger partial charge on any atom is 0.231 e. The third kappa shape index (κ3) is 3.23. The zero-order valence-corrected chi connectivity index (χ0v) is 15.1. The molecule has 0 radical (unpaired) electrons. The number of tetrazole rings is 1. The van der Waals surface area contributed by atoms with Gasteiger partial charge < -0.3 is 5.32 Å². The zero-order valence-electron chi connectivity index (χ0n) is 15.1. The molecule has 136 valence electrons. The van der Waals surface area contributed by atoms with Gasteiger partial charge in [-0.05, 0) is 47.9 Å². The minimum absolute atomic E-state index is 0.00537. The Morgan fingerprint density at radius 3 is 2.70 bits per heavy atom. The van der Waals surface area contributed by atoms with Crippen LogP contribution < -0.4 is 5.32 Å². The Morgan fingerprint density at radius 1 is 1.19 bits per heavy atom. The fourth-order valence-corrected chi connectivity index (χ4v) is 3.13. The number of amides is 1. The molecule has 1 aromatic heterocycles. The second-order valence-electron chi connectivity index (χ2n) is 6.63. The van der Waals surface area contributed by atoms with Crippen LogP contribution in [-0.2, 0) is 17.8 Å². The Bertz CT molecular complexity index is 1020. The number of fused-ring (bicyclic) bond motifs is 1. The van der Waals surface area contributed by atoms with E-state index in [4.69, 9.17) is 0 Å². The smallest absolute Gasteiger partial charge is 0.231 e. The number of rotatable bonds is 5. The van der Waals surface area contributed by atoms with E-state index >= 15 is 0 Å². The maximum atomic E-state index is 12.6. The molecule has 0 aliphatic carbocycles. The quantitative estimate of drug-likeness (QED) is 0.706. The first-order chi connectivity index (χ1) is 13.0. The molecule has 0 saturated heterocycles. The van der Waals surface area contributed by atoms with Gasteiger partial charge in [0.25, 0.3) is 0 Å². The normalized spacial score (nSPS) is 15.5. The van der Waals surface area contributed by atoms with Crippen LogP contribution in [0.25, 0.3) is 11.4 Å². The van der Waals surface area contributed by atoms with E-state index in [9.17, 15) is 9.59 Å². The van der Waals surface area contributed by atoms with E-state index in [1.165, 1.54) is 10.4 Å². The lowest BCUT2D eigenvalue weighted by atomic mass is 9.99. The molecule has 0 spiro atoms. The van der Waals surface area contributed by atoms with E-state index in [2.05, 4.69) is 27.7 Å². The zero-order chi connectivity index (χ0) is 19.0. The van der Waals surface area contributed by atoms with Crippen LogP contribution in [0.3, 0.4) is 0 Å². The van der Waals surface area contributed by atoms with E-state index in [0.29, 0.717) is 11.4 Å². The summed E-state index contributed by atoms with van der Waals surface area (Å²) in [6.45, 7) is 3.92. The lowest BCUT2D eigenvalue weighted by Gasteiger charge is -2.05. The highest BCUT2D eigenvalue weighted by molar-refractivity contribution is 6.04. The van der Waals surface area contributed by atoms with Crippen molar-refractivity contribution in [2.45, 2.75) is 32.7 Å². The first kappa shape index (κ1) is 17.1. The number of nitrogens with zero attached hydrogens (tertiary/aromatic N) is 4. The SMILES string of the molecule is CCc1ccc(-c2nnn(CC(=O)c3ccc4c(c3)[C@H](C)C(=O)N4)n2)cc1. The average Bonchev–Trinajstić information content (AvgIpc) is 3.26. The third-order valence-electron chi connectivity index (χ3n) is 4.85. The number of aryl methyl sites for hydroxylation is 1. The topological polar surface area (TPSA) is 89.8 Å². The second kappa shape index (κ2) is 6.75. The lowest BCUT2D eigenvalue weighted by Crippen LogP contribution is -2.13. The predicted octanol–water partition coefficient (Wildman–Crippen LogP) is 2.84. The highest BCUT2D eigenvalue weighted by Gasteiger charge is 2.27. The fourth-order valence-electron chi connectivity index (χ4n) is 3.13. The minimum atomic E-state index is -0.255. The van der Waals surface area contributed by atoms with Gasteiger partial charge in [0.1, 0.15) is 6.54 Å². The largest absolute Gasteiger partial charge is 0.325 e. The summed E-state index contributed by atoms with van der Waals surface area (Å²) in [6, 6.07) is 13.2. The van der Waals surface area contributed by atoms with Gasteiger partial charge in [-0.1, -0.05) is 31.2 Å². The molecule has 27 heavy (non-hydrogen) atoms. The summed E-state index contributed by atoms with van der Waals surface area (Å²) >= 11 is 0. The summed E-state index contributed by atoms with van der Waals surface area (Å²) in [5, 5.41) is 15.1. The maximum absolute atomic E-state index is 12.6. The van der Waals surface area contributed by atoms with Crippen LogP contribution in [0.1, 0.15) is 41.3 Å². The summed E-state index contributed by atoms with van der Waals surface area (Å²) in [5.41, 5.74) is 4.24. The molecule has 0 fully saturated rings. The highest BCUT2D eigenvalue weighted by atomic mass is 16.2. The Kier molecular flexibility index (Phi) is 4.27. The van der Waals surface area contributed by atoms with Gasteiger partial charge in [-0.2, -0.15) is 4.80 Å². The van der Waals surface area contributed by atoms with Crippen molar-refractivity contribution in [3.63, 3.8) is 0 Å². The Morgan fingerprint density at radius 2 is 1.96 bits per heavy atom. The number of hydrogen-bond acceptors (Lipinski definition) is 5. The molecule has 1 atom stereocenters. The molecule has 1 amide bonds. The van der Waals surface area contributed by atoms with E-state index in [1.54, 1.807) is 18.2 Å². The van der Waals surface area contributed by atoms with Gasteiger partial charge >= 0.3 is 0 Å². The van der Waals surface area contributed by atoms with Crippen LogP contribution in [0.4, 0.5) is 5.69 Å². The number of anilines is 1. The van der Waals surface area contributed by atoms with Crippen LogP contribution in [0, 0.1) is 0 Å². The molecule has 3 aromatic rings. The summed E-state index contributed by atoms with van der Waals surface area (Å²) in [4.78, 5) is 25.6. The van der Waals surface area contributed by atoms with Gasteiger partial charge in [-0.3, -0.25) is 9.59 Å². The van der Waals surface area contributed by atoms with Crippen LogP contribution in [0.15, 0.2) is 42.5 Å². The molecule has 0 bridgehead atoms. The molecule has 0 saturated carbocycles. The summed E-state index contributed by atoms with van der Waals surface area (Å²) in [5.74, 6) is 0.0543. The van der Waals surface area contributed by atoms with Gasteiger partial charge in [0.2, 0.25) is 11.7 Å². The van der Waals surface area contributed by atoms with Crippen molar-refractivity contribution in [2.75, 3.05) is 5.32 Å². The summed E-state index contributed by atoms with van der Waals surface area (Å²) in [7, 11) is 0. The van der Waals surface area contributed by atoms with Gasteiger partial charge in [0, 0.05) is 16.8 Å². The number of hydrogen-bond donors (Lipinski definition) is 1. The van der Waals surface area contributed by atoms with Crippen molar-refractivity contribution < 1.29 is 9.59 Å². The molecule has 1 aliphatic rings. The lowest BCUT2D eigenvalue weighted by molar-refractivity contribution is -0.116. The molecule has 4 rings (SSSR count). The number of benzene rings is 2. The first-order valence-electron chi connectivity index (χ1n) is 8.90. The number of carbonyl (C=O) groups is 2. The third-order valence-corrected chi connectivity index (χ3v) is 4.85. The number of nitrogens with one attached hydrogen (secondary N) is 1. The second-order valence-corrected chi connectivity index (χ2v) is 6.63. The predicted molar refractivity (Wildman–Crippen MR) is 100 cm³/mol. The molecule has 7 heteroatoms. The van der Waals surface area contributed by atoms with Crippen LogP contribution in [-0.4, -0.2) is 31.9 Å². The van der Waals surface area contributed by atoms with E-state index in [-0.39, 0.29) is 24.2 Å². The monoisotopic (exact) mass is 361 g/mol. The van der Waals surface area contributed by atoms with E-state index in [0.717, 1.165) is 23.2 Å². The highest BCUT2D eigenvalue weighted by Crippen LogP contribution is 2.32. The van der Waals surface area contributed by atoms with Crippen molar-refractivity contribution in [3.05, 3.63) is 59.2 Å². The van der Waals surface area contributed by atoms with Gasteiger partial charge in [-0.15, -0.1) is 10.2 Å². The van der Waals surface area contributed by atoms with Crippen molar-refractivity contribution in [1.82, 2.24) is 20.2 Å². The summed E-state index contributed by atoms with van der Waals surface area (Å²) in [6.07, 6.45) is 0.968. The van der Waals surface area contributed by atoms with Crippen molar-refractivity contribution in [2.24, 2.45) is 0 Å². The molecule has 0 unspecified atom stereocenters. The van der Waals surface area contributed by atoms with Crippen molar-refractivity contribution >= 4 is 17.4 Å². The van der Waals surface area contributed by atoms with E-state index < -0.39 is 0 Å². The number of aromatic nitrogens is 4. The van der Waals surface area contributed by atoms with Crippen molar-refractivity contribution in [1.29, 1.82) is 0 Å². The molecular formula is C20H19N5O2.